The molecule has 3 N–H and O–H groups in total. The number of hydrogen-bond donors (Lipinski definition) is 2. The summed E-state index contributed by atoms with van der Waals surface area (Å²) in [5, 5.41) is 2.68. The van der Waals surface area contributed by atoms with Gasteiger partial charge >= 0.3 is 0 Å². The van der Waals surface area contributed by atoms with Crippen molar-refractivity contribution in [2.75, 3.05) is 5.32 Å². The minimum Gasteiger partial charge on any atom is -0.389 e. The molecule has 0 unspecified atom stereocenters. The first-order valence-electron chi connectivity index (χ1n) is 5.74. The van der Waals surface area contributed by atoms with Crippen LogP contribution in [-0.2, 0) is 0 Å². The van der Waals surface area contributed by atoms with E-state index in [1.54, 1.807) is 18.2 Å². The number of anilines is 1. The number of carbonyl (C=O) groups is 1. The van der Waals surface area contributed by atoms with Crippen LogP contribution >= 0.6 is 44.1 Å². The molecule has 21 heavy (non-hydrogen) atoms. The van der Waals surface area contributed by atoms with Gasteiger partial charge in [-0.15, -0.1) is 0 Å². The first-order valence-corrected chi connectivity index (χ1v) is 7.73. The van der Waals surface area contributed by atoms with Crippen molar-refractivity contribution in [2.24, 2.45) is 5.73 Å². The summed E-state index contributed by atoms with van der Waals surface area (Å²) in [6, 6.07) is 9.29. The van der Waals surface area contributed by atoms with Crippen LogP contribution in [0.25, 0.3) is 0 Å². The Hall–Kier alpha value is -1.31. The predicted molar refractivity (Wildman–Crippen MR) is 92.1 cm³/mol. The summed E-state index contributed by atoms with van der Waals surface area (Å²) in [6.07, 6.45) is 0. The lowest BCUT2D eigenvalue weighted by atomic mass is 10.1. The summed E-state index contributed by atoms with van der Waals surface area (Å²) in [6.45, 7) is 0. The van der Waals surface area contributed by atoms with Crippen molar-refractivity contribution in [1.82, 2.24) is 0 Å². The number of thiocarbonyl (C=S) groups is 1. The van der Waals surface area contributed by atoms with Crippen LogP contribution in [0.3, 0.4) is 0 Å². The van der Waals surface area contributed by atoms with Crippen molar-refractivity contribution in [1.29, 1.82) is 0 Å². The normalized spacial score (nSPS) is 10.2. The van der Waals surface area contributed by atoms with E-state index in [0.717, 1.165) is 10.5 Å². The fourth-order valence-corrected chi connectivity index (χ4v) is 2.45. The maximum absolute atomic E-state index is 13.5. The minimum atomic E-state index is -0.508. The lowest BCUT2D eigenvalue weighted by Gasteiger charge is -2.11. The minimum absolute atomic E-state index is 0.166. The zero-order chi connectivity index (χ0) is 15.6. The zero-order valence-electron chi connectivity index (χ0n) is 10.5. The molecule has 2 aromatic rings. The lowest BCUT2D eigenvalue weighted by Crippen LogP contribution is -2.17. The Morgan fingerprint density at radius 3 is 2.52 bits per heavy atom. The second-order valence-electron chi connectivity index (χ2n) is 4.14. The maximum atomic E-state index is 13.5. The molecule has 0 spiro atoms. The van der Waals surface area contributed by atoms with Crippen LogP contribution in [0.5, 0.6) is 0 Å². The molecule has 0 radical (unpaired) electrons. The van der Waals surface area contributed by atoms with Gasteiger partial charge in [-0.25, -0.2) is 4.39 Å². The number of nitrogens with one attached hydrogen (secondary N) is 1. The Balaban J connectivity index is 2.33. The van der Waals surface area contributed by atoms with Crippen LogP contribution in [0.15, 0.2) is 45.3 Å². The van der Waals surface area contributed by atoms with Gasteiger partial charge in [0.25, 0.3) is 5.91 Å². The molecule has 0 saturated carbocycles. The highest BCUT2D eigenvalue weighted by Crippen LogP contribution is 2.23. The monoisotopic (exact) mass is 430 g/mol. The SMILES string of the molecule is NC(=S)c1ccc(Br)cc1NC(=O)c1ccc(Br)c(F)c1. The van der Waals surface area contributed by atoms with Gasteiger partial charge in [-0.3, -0.25) is 4.79 Å². The van der Waals surface area contributed by atoms with E-state index in [9.17, 15) is 9.18 Å². The molecular weight excluding hydrogens is 423 g/mol. The van der Waals surface area contributed by atoms with Crippen LogP contribution in [0.2, 0.25) is 0 Å². The van der Waals surface area contributed by atoms with Gasteiger partial charge in [0.05, 0.1) is 10.2 Å². The lowest BCUT2D eigenvalue weighted by molar-refractivity contribution is 0.102. The van der Waals surface area contributed by atoms with E-state index in [4.69, 9.17) is 18.0 Å². The van der Waals surface area contributed by atoms with Crippen molar-refractivity contribution in [3.05, 3.63) is 62.3 Å². The highest BCUT2D eigenvalue weighted by molar-refractivity contribution is 9.10. The average molecular weight is 432 g/mol. The molecule has 0 aromatic heterocycles. The molecule has 0 aliphatic carbocycles. The highest BCUT2D eigenvalue weighted by atomic mass is 79.9. The summed E-state index contributed by atoms with van der Waals surface area (Å²) in [5.41, 5.74) is 6.82. The standard InChI is InChI=1S/C14H9Br2FN2OS/c15-8-2-3-9(13(18)21)12(6-8)19-14(20)7-1-4-10(16)11(17)5-7/h1-6H,(H2,18,21)(H,19,20). The van der Waals surface area contributed by atoms with Gasteiger partial charge in [0.2, 0.25) is 0 Å². The van der Waals surface area contributed by atoms with Gasteiger partial charge in [0, 0.05) is 15.6 Å². The Kier molecular flexibility index (Phi) is 5.08. The molecule has 0 aliphatic rings. The van der Waals surface area contributed by atoms with Crippen molar-refractivity contribution < 1.29 is 9.18 Å². The number of amides is 1. The number of nitrogens with two attached hydrogens (primary N) is 1. The Morgan fingerprint density at radius 1 is 1.19 bits per heavy atom. The van der Waals surface area contributed by atoms with Gasteiger partial charge < -0.3 is 11.1 Å². The number of benzene rings is 2. The smallest absolute Gasteiger partial charge is 0.255 e. The summed E-state index contributed by atoms with van der Waals surface area (Å²) >= 11 is 11.3. The van der Waals surface area contributed by atoms with Crippen molar-refractivity contribution in [2.45, 2.75) is 0 Å². The second-order valence-corrected chi connectivity index (χ2v) is 6.35. The van der Waals surface area contributed by atoms with Crippen molar-refractivity contribution in [3.8, 4) is 0 Å². The molecule has 2 rings (SSSR count). The topological polar surface area (TPSA) is 55.1 Å². The van der Waals surface area contributed by atoms with E-state index in [1.165, 1.54) is 12.1 Å². The van der Waals surface area contributed by atoms with Gasteiger partial charge in [0.1, 0.15) is 10.8 Å². The van der Waals surface area contributed by atoms with E-state index in [1.807, 2.05) is 0 Å². The van der Waals surface area contributed by atoms with Crippen LogP contribution in [0.4, 0.5) is 10.1 Å². The van der Waals surface area contributed by atoms with Crippen LogP contribution < -0.4 is 11.1 Å². The third kappa shape index (κ3) is 3.87. The first kappa shape index (κ1) is 16.1. The molecule has 108 valence electrons. The predicted octanol–water partition coefficient (Wildman–Crippen LogP) is 4.24. The molecule has 0 bridgehead atoms. The third-order valence-corrected chi connectivity index (χ3v) is 4.03. The van der Waals surface area contributed by atoms with E-state index in [0.29, 0.717) is 15.7 Å². The molecule has 2 aromatic carbocycles. The Labute approximate surface area is 143 Å². The molecule has 0 saturated heterocycles. The molecule has 7 heteroatoms. The fraction of sp³-hybridized carbons (Fsp3) is 0. The van der Waals surface area contributed by atoms with E-state index in [2.05, 4.69) is 37.2 Å². The van der Waals surface area contributed by atoms with Gasteiger partial charge in [-0.2, -0.15) is 0 Å². The number of hydrogen-bond acceptors (Lipinski definition) is 2. The molecule has 0 fully saturated rings. The fourth-order valence-electron chi connectivity index (χ4n) is 1.67. The van der Waals surface area contributed by atoms with Crippen LogP contribution in [-0.4, -0.2) is 10.9 Å². The van der Waals surface area contributed by atoms with Gasteiger partial charge in [0.15, 0.2) is 0 Å². The van der Waals surface area contributed by atoms with Crippen LogP contribution in [0.1, 0.15) is 15.9 Å². The summed E-state index contributed by atoms with van der Waals surface area (Å²) in [7, 11) is 0. The van der Waals surface area contributed by atoms with Crippen molar-refractivity contribution >= 4 is 60.7 Å². The third-order valence-electron chi connectivity index (χ3n) is 2.68. The maximum Gasteiger partial charge on any atom is 0.255 e. The molecule has 1 amide bonds. The molecule has 0 heterocycles. The molecular formula is C14H9Br2FN2OS. The van der Waals surface area contributed by atoms with Gasteiger partial charge in [-0.05, 0) is 52.3 Å². The largest absolute Gasteiger partial charge is 0.389 e. The first-order chi connectivity index (χ1) is 9.88. The number of halogens is 3. The summed E-state index contributed by atoms with van der Waals surface area (Å²) < 4.78 is 14.5. The highest BCUT2D eigenvalue weighted by Gasteiger charge is 2.12. The summed E-state index contributed by atoms with van der Waals surface area (Å²) in [5.74, 6) is -0.955. The Bertz CT molecular complexity index is 737. The summed E-state index contributed by atoms with van der Waals surface area (Å²) in [4.78, 5) is 12.3. The van der Waals surface area contributed by atoms with E-state index in [-0.39, 0.29) is 10.6 Å². The van der Waals surface area contributed by atoms with E-state index < -0.39 is 11.7 Å². The van der Waals surface area contributed by atoms with Gasteiger partial charge in [-0.1, -0.05) is 28.1 Å². The number of rotatable bonds is 3. The quantitative estimate of drug-likeness (QED) is 0.714. The Morgan fingerprint density at radius 2 is 1.90 bits per heavy atom. The average Bonchev–Trinajstić information content (AvgIpc) is 2.41. The zero-order valence-corrected chi connectivity index (χ0v) is 14.5. The number of carbonyl (C=O) groups excluding carboxylic acids is 1. The second kappa shape index (κ2) is 6.64. The molecule has 0 aliphatic heterocycles. The van der Waals surface area contributed by atoms with Crippen molar-refractivity contribution in [3.63, 3.8) is 0 Å². The molecule has 3 nitrogen and oxygen atoms in total. The molecule has 0 atom stereocenters. The van der Waals surface area contributed by atoms with E-state index >= 15 is 0 Å². The van der Waals surface area contributed by atoms with Crippen LogP contribution in [0, 0.1) is 5.82 Å².